The van der Waals surface area contributed by atoms with Crippen molar-refractivity contribution < 1.29 is 34.1 Å². The van der Waals surface area contributed by atoms with Crippen LogP contribution in [0.3, 0.4) is 0 Å². The molecule has 0 aromatic heterocycles. The van der Waals surface area contributed by atoms with Gasteiger partial charge in [-0.15, -0.1) is 0 Å². The molecule has 3 nitrogen and oxygen atoms in total. The summed E-state index contributed by atoms with van der Waals surface area (Å²) in [4.78, 5) is 10.7. The Morgan fingerprint density at radius 2 is 1.93 bits per heavy atom. The summed E-state index contributed by atoms with van der Waals surface area (Å²) in [5.74, 6) is -0.541. The van der Waals surface area contributed by atoms with Gasteiger partial charge >= 0.3 is 5.97 Å². The first kappa shape index (κ1) is 13.1. The van der Waals surface area contributed by atoms with E-state index < -0.39 is 5.97 Å². The maximum atomic E-state index is 10.7. The van der Waals surface area contributed by atoms with Crippen molar-refractivity contribution in [1.82, 2.24) is 0 Å². The molecule has 0 aliphatic rings. The van der Waals surface area contributed by atoms with Gasteiger partial charge in [0.1, 0.15) is 11.3 Å². The molecule has 0 atom stereocenters. The van der Waals surface area contributed by atoms with Gasteiger partial charge in [-0.2, -0.15) is 0 Å². The molecular formula is C10H12O3Zn. The molecule has 1 N–H and O–H groups in total. The largest absolute Gasteiger partial charge is 0.490 e. The van der Waals surface area contributed by atoms with Gasteiger partial charge in [-0.05, 0) is 26.0 Å². The summed E-state index contributed by atoms with van der Waals surface area (Å²) in [7, 11) is 0. The van der Waals surface area contributed by atoms with Gasteiger partial charge in [0.2, 0.25) is 0 Å². The SMILES string of the molecule is CC(C)Oc1ccccc1C(=O)O.[Zn]. The van der Waals surface area contributed by atoms with E-state index in [9.17, 15) is 4.79 Å². The van der Waals surface area contributed by atoms with Crippen LogP contribution in [0.15, 0.2) is 24.3 Å². The third kappa shape index (κ3) is 3.46. The smallest absolute Gasteiger partial charge is 0.339 e. The van der Waals surface area contributed by atoms with Crippen molar-refractivity contribution in [3.8, 4) is 5.75 Å². The van der Waals surface area contributed by atoms with Crippen LogP contribution in [-0.2, 0) is 19.5 Å². The molecule has 1 aromatic rings. The van der Waals surface area contributed by atoms with Crippen LogP contribution in [0.4, 0.5) is 0 Å². The Morgan fingerprint density at radius 3 is 2.43 bits per heavy atom. The normalized spacial score (nSPS) is 9.36. The third-order valence-electron chi connectivity index (χ3n) is 1.48. The van der Waals surface area contributed by atoms with E-state index in [0.717, 1.165) is 0 Å². The number of hydrogen-bond acceptors (Lipinski definition) is 2. The molecule has 72 valence electrons. The molecule has 0 bridgehead atoms. The van der Waals surface area contributed by atoms with Gasteiger partial charge in [-0.25, -0.2) is 4.79 Å². The summed E-state index contributed by atoms with van der Waals surface area (Å²) < 4.78 is 5.33. The van der Waals surface area contributed by atoms with E-state index in [0.29, 0.717) is 5.75 Å². The van der Waals surface area contributed by atoms with Gasteiger partial charge in [0, 0.05) is 19.5 Å². The molecule has 0 saturated carbocycles. The number of carboxylic acids is 1. The molecule has 0 aliphatic carbocycles. The van der Waals surface area contributed by atoms with Crippen molar-refractivity contribution in [3.05, 3.63) is 29.8 Å². The van der Waals surface area contributed by atoms with E-state index >= 15 is 0 Å². The molecule has 0 saturated heterocycles. The second-order valence-electron chi connectivity index (χ2n) is 2.97. The summed E-state index contributed by atoms with van der Waals surface area (Å²) in [6.07, 6.45) is -0.0134. The molecule has 0 amide bonds. The molecule has 0 aliphatic heterocycles. The molecule has 0 fully saturated rings. The number of aromatic carboxylic acids is 1. The summed E-state index contributed by atoms with van der Waals surface area (Å²) in [6, 6.07) is 6.62. The first-order chi connectivity index (χ1) is 6.11. The summed E-state index contributed by atoms with van der Waals surface area (Å²) in [5.41, 5.74) is 0.205. The maximum Gasteiger partial charge on any atom is 0.339 e. The minimum absolute atomic E-state index is 0. The number of carbonyl (C=O) groups is 1. The molecule has 0 radical (unpaired) electrons. The predicted molar refractivity (Wildman–Crippen MR) is 49.2 cm³/mol. The Morgan fingerprint density at radius 1 is 1.36 bits per heavy atom. The van der Waals surface area contributed by atoms with Crippen LogP contribution in [0.25, 0.3) is 0 Å². The average Bonchev–Trinajstić information content (AvgIpc) is 2.03. The van der Waals surface area contributed by atoms with Crippen molar-refractivity contribution in [2.75, 3.05) is 0 Å². The van der Waals surface area contributed by atoms with Gasteiger partial charge in [-0.3, -0.25) is 0 Å². The van der Waals surface area contributed by atoms with Gasteiger partial charge < -0.3 is 9.84 Å². The minimum Gasteiger partial charge on any atom is -0.490 e. The van der Waals surface area contributed by atoms with E-state index in [4.69, 9.17) is 9.84 Å². The van der Waals surface area contributed by atoms with E-state index in [1.54, 1.807) is 18.2 Å². The zero-order chi connectivity index (χ0) is 9.84. The monoisotopic (exact) mass is 244 g/mol. The fourth-order valence-electron chi connectivity index (χ4n) is 1.00. The standard InChI is InChI=1S/C10H12O3.Zn/c1-7(2)13-9-6-4-3-5-8(9)10(11)12;/h3-7H,1-2H3,(H,11,12);. The number of hydrogen-bond donors (Lipinski definition) is 1. The molecule has 1 rings (SSSR count). The van der Waals surface area contributed by atoms with Crippen LogP contribution in [0, 0.1) is 0 Å². The zero-order valence-electron chi connectivity index (χ0n) is 8.36. The minimum atomic E-state index is -0.962. The van der Waals surface area contributed by atoms with Crippen LogP contribution in [0.1, 0.15) is 24.2 Å². The average molecular weight is 246 g/mol. The number of benzene rings is 1. The van der Waals surface area contributed by atoms with E-state index in [-0.39, 0.29) is 31.1 Å². The second kappa shape index (κ2) is 5.76. The van der Waals surface area contributed by atoms with E-state index in [2.05, 4.69) is 0 Å². The third-order valence-corrected chi connectivity index (χ3v) is 1.48. The number of ether oxygens (including phenoxy) is 1. The van der Waals surface area contributed by atoms with Crippen molar-refractivity contribution in [3.63, 3.8) is 0 Å². The summed E-state index contributed by atoms with van der Waals surface area (Å²) in [5, 5.41) is 8.80. The van der Waals surface area contributed by atoms with E-state index in [1.165, 1.54) is 6.07 Å². The van der Waals surface area contributed by atoms with Crippen LogP contribution in [0.2, 0.25) is 0 Å². The maximum absolute atomic E-state index is 10.7. The molecule has 0 heterocycles. The zero-order valence-corrected chi connectivity index (χ0v) is 11.3. The van der Waals surface area contributed by atoms with Crippen molar-refractivity contribution in [2.45, 2.75) is 20.0 Å². The molecule has 14 heavy (non-hydrogen) atoms. The Labute approximate surface area is 95.8 Å². The second-order valence-corrected chi connectivity index (χ2v) is 2.97. The Hall–Kier alpha value is -0.887. The van der Waals surface area contributed by atoms with Crippen LogP contribution < -0.4 is 4.74 Å². The molecular weight excluding hydrogens is 233 g/mol. The number of carboxylic acid groups (broad SMARTS) is 1. The van der Waals surface area contributed by atoms with Gasteiger partial charge in [0.25, 0.3) is 0 Å². The van der Waals surface area contributed by atoms with Crippen molar-refractivity contribution in [1.29, 1.82) is 0 Å². The first-order valence-electron chi connectivity index (χ1n) is 4.10. The quantitative estimate of drug-likeness (QED) is 0.830. The van der Waals surface area contributed by atoms with Crippen molar-refractivity contribution >= 4 is 5.97 Å². The Bertz CT molecular complexity index is 310. The van der Waals surface area contributed by atoms with Gasteiger partial charge in [-0.1, -0.05) is 12.1 Å². The molecule has 4 heteroatoms. The van der Waals surface area contributed by atoms with Gasteiger partial charge in [0.05, 0.1) is 6.10 Å². The summed E-state index contributed by atoms with van der Waals surface area (Å²) in [6.45, 7) is 3.72. The Kier molecular flexibility index (Phi) is 5.40. The number of rotatable bonds is 3. The van der Waals surface area contributed by atoms with Crippen LogP contribution in [0.5, 0.6) is 5.75 Å². The fourth-order valence-corrected chi connectivity index (χ4v) is 1.00. The van der Waals surface area contributed by atoms with Crippen LogP contribution >= 0.6 is 0 Å². The molecule has 0 spiro atoms. The topological polar surface area (TPSA) is 46.5 Å². The van der Waals surface area contributed by atoms with Crippen LogP contribution in [-0.4, -0.2) is 17.2 Å². The molecule has 0 unspecified atom stereocenters. The number of para-hydroxylation sites is 1. The first-order valence-corrected chi connectivity index (χ1v) is 4.10. The van der Waals surface area contributed by atoms with Gasteiger partial charge in [0.15, 0.2) is 0 Å². The molecule has 1 aromatic carbocycles. The predicted octanol–water partition coefficient (Wildman–Crippen LogP) is 2.17. The Balaban J connectivity index is 0.00000169. The van der Waals surface area contributed by atoms with E-state index in [1.807, 2.05) is 13.8 Å². The summed E-state index contributed by atoms with van der Waals surface area (Å²) >= 11 is 0. The van der Waals surface area contributed by atoms with Crippen molar-refractivity contribution in [2.24, 2.45) is 0 Å². The fraction of sp³-hybridized carbons (Fsp3) is 0.300.